The highest BCUT2D eigenvalue weighted by atomic mass is 16.5. The maximum atomic E-state index is 12.6. The maximum absolute atomic E-state index is 12.6. The lowest BCUT2D eigenvalue weighted by molar-refractivity contribution is 0.0993. The van der Waals surface area contributed by atoms with Crippen molar-refractivity contribution in [3.05, 3.63) is 66.5 Å². The number of carbonyl (C=O) groups excluding carboxylic acids is 1. The molecular formula is C19H18N4O2. The number of anilines is 2. The number of nitrogens with two attached hydrogens (primary N) is 1. The van der Waals surface area contributed by atoms with Crippen molar-refractivity contribution in [2.24, 2.45) is 0 Å². The average molecular weight is 334 g/mol. The van der Waals surface area contributed by atoms with Crippen molar-refractivity contribution in [1.29, 1.82) is 0 Å². The molecule has 0 aliphatic carbocycles. The van der Waals surface area contributed by atoms with Crippen LogP contribution in [-0.4, -0.2) is 30.0 Å². The zero-order valence-corrected chi connectivity index (χ0v) is 14.0. The number of hydrogen-bond donors (Lipinski definition) is 1. The highest BCUT2D eigenvalue weighted by Gasteiger charge is 2.15. The lowest BCUT2D eigenvalue weighted by Gasteiger charge is -2.18. The number of nitrogens with zero attached hydrogens (tertiary/aromatic N) is 3. The molecule has 2 aromatic heterocycles. The van der Waals surface area contributed by atoms with Crippen LogP contribution in [0.4, 0.5) is 11.5 Å². The Bertz CT molecular complexity index is 880. The summed E-state index contributed by atoms with van der Waals surface area (Å²) < 4.78 is 5.07. The number of carbonyl (C=O) groups is 1. The summed E-state index contributed by atoms with van der Waals surface area (Å²) in [7, 11) is 3.27. The summed E-state index contributed by atoms with van der Waals surface area (Å²) in [5.41, 5.74) is 8.77. The first-order chi connectivity index (χ1) is 12.1. The van der Waals surface area contributed by atoms with Gasteiger partial charge in [-0.2, -0.15) is 0 Å². The molecule has 0 saturated heterocycles. The highest BCUT2D eigenvalue weighted by Crippen LogP contribution is 2.29. The van der Waals surface area contributed by atoms with Gasteiger partial charge in [-0.1, -0.05) is 18.2 Å². The fourth-order valence-electron chi connectivity index (χ4n) is 2.43. The molecule has 0 bridgehead atoms. The number of amides is 1. The van der Waals surface area contributed by atoms with Gasteiger partial charge in [0, 0.05) is 36.0 Å². The predicted molar refractivity (Wildman–Crippen MR) is 97.6 cm³/mol. The van der Waals surface area contributed by atoms with Gasteiger partial charge in [0.15, 0.2) is 0 Å². The van der Waals surface area contributed by atoms with Crippen molar-refractivity contribution in [3.8, 4) is 17.0 Å². The standard InChI is InChI=1S/C19H18N4O2/c1-23(19(24)13-6-4-3-5-7-13)15-10-16(18(20)22-12-15)14-8-9-17(25-2)21-11-14/h3-12H,1-2H3,(H2,20,22). The van der Waals surface area contributed by atoms with E-state index in [2.05, 4.69) is 9.97 Å². The maximum Gasteiger partial charge on any atom is 0.258 e. The van der Waals surface area contributed by atoms with Crippen LogP contribution < -0.4 is 15.4 Å². The number of benzene rings is 1. The summed E-state index contributed by atoms with van der Waals surface area (Å²) in [6.45, 7) is 0. The Morgan fingerprint density at radius 1 is 1.08 bits per heavy atom. The van der Waals surface area contributed by atoms with Crippen LogP contribution in [0.15, 0.2) is 60.9 Å². The summed E-state index contributed by atoms with van der Waals surface area (Å²) in [5.74, 6) is 0.769. The molecule has 0 fully saturated rings. The second kappa shape index (κ2) is 7.00. The van der Waals surface area contributed by atoms with E-state index in [0.717, 1.165) is 5.56 Å². The zero-order valence-electron chi connectivity index (χ0n) is 14.0. The molecule has 0 atom stereocenters. The van der Waals surface area contributed by atoms with Gasteiger partial charge in [-0.25, -0.2) is 9.97 Å². The Kier molecular flexibility index (Phi) is 4.61. The first-order valence-corrected chi connectivity index (χ1v) is 7.69. The molecule has 0 unspecified atom stereocenters. The van der Waals surface area contributed by atoms with Crippen LogP contribution in [0.25, 0.3) is 11.1 Å². The van der Waals surface area contributed by atoms with Gasteiger partial charge in [-0.05, 0) is 24.3 Å². The molecule has 0 spiro atoms. The lowest BCUT2D eigenvalue weighted by atomic mass is 10.1. The number of hydrogen-bond acceptors (Lipinski definition) is 5. The van der Waals surface area contributed by atoms with Crippen LogP contribution in [0.2, 0.25) is 0 Å². The van der Waals surface area contributed by atoms with Crippen LogP contribution in [0, 0.1) is 0 Å². The molecule has 6 heteroatoms. The molecule has 6 nitrogen and oxygen atoms in total. The second-order valence-corrected chi connectivity index (χ2v) is 5.45. The smallest absolute Gasteiger partial charge is 0.258 e. The van der Waals surface area contributed by atoms with E-state index in [-0.39, 0.29) is 5.91 Å². The van der Waals surface area contributed by atoms with Crippen LogP contribution in [0.5, 0.6) is 5.88 Å². The first kappa shape index (κ1) is 16.4. The Morgan fingerprint density at radius 2 is 1.84 bits per heavy atom. The van der Waals surface area contributed by atoms with Gasteiger partial charge >= 0.3 is 0 Å². The third kappa shape index (κ3) is 3.42. The van der Waals surface area contributed by atoms with E-state index in [0.29, 0.717) is 28.5 Å². The van der Waals surface area contributed by atoms with Crippen molar-refractivity contribution in [2.45, 2.75) is 0 Å². The highest BCUT2D eigenvalue weighted by molar-refractivity contribution is 6.06. The Labute approximate surface area is 145 Å². The second-order valence-electron chi connectivity index (χ2n) is 5.45. The number of rotatable bonds is 4. The third-order valence-electron chi connectivity index (χ3n) is 3.87. The molecular weight excluding hydrogens is 316 g/mol. The fourth-order valence-corrected chi connectivity index (χ4v) is 2.43. The summed E-state index contributed by atoms with van der Waals surface area (Å²) in [6.07, 6.45) is 3.24. The van der Waals surface area contributed by atoms with Gasteiger partial charge in [0.2, 0.25) is 5.88 Å². The normalized spacial score (nSPS) is 10.3. The minimum Gasteiger partial charge on any atom is -0.481 e. The van der Waals surface area contributed by atoms with Gasteiger partial charge in [-0.15, -0.1) is 0 Å². The van der Waals surface area contributed by atoms with Gasteiger partial charge in [0.25, 0.3) is 5.91 Å². The van der Waals surface area contributed by atoms with Crippen molar-refractivity contribution in [2.75, 3.05) is 24.8 Å². The van der Waals surface area contributed by atoms with E-state index in [4.69, 9.17) is 10.5 Å². The van der Waals surface area contributed by atoms with Gasteiger partial charge in [0.05, 0.1) is 19.0 Å². The molecule has 2 heterocycles. The van der Waals surface area contributed by atoms with Crippen molar-refractivity contribution < 1.29 is 9.53 Å². The third-order valence-corrected chi connectivity index (χ3v) is 3.87. The molecule has 3 rings (SSSR count). The summed E-state index contributed by atoms with van der Waals surface area (Å²) in [4.78, 5) is 22.5. The van der Waals surface area contributed by atoms with Gasteiger partial charge < -0.3 is 15.4 Å². The molecule has 0 aliphatic rings. The Morgan fingerprint density at radius 3 is 2.48 bits per heavy atom. The molecule has 3 aromatic rings. The lowest BCUT2D eigenvalue weighted by Crippen LogP contribution is -2.26. The van der Waals surface area contributed by atoms with Crippen LogP contribution in [0.1, 0.15) is 10.4 Å². The summed E-state index contributed by atoms with van der Waals surface area (Å²) in [5, 5.41) is 0. The number of methoxy groups -OCH3 is 1. The van der Waals surface area contributed by atoms with Gasteiger partial charge in [-0.3, -0.25) is 4.79 Å². The van der Waals surface area contributed by atoms with Crippen LogP contribution in [0.3, 0.4) is 0 Å². The quantitative estimate of drug-likeness (QED) is 0.793. The van der Waals surface area contributed by atoms with Crippen molar-refractivity contribution in [3.63, 3.8) is 0 Å². The number of aromatic nitrogens is 2. The van der Waals surface area contributed by atoms with E-state index in [9.17, 15) is 4.79 Å². The molecule has 0 aliphatic heterocycles. The fraction of sp³-hybridized carbons (Fsp3) is 0.105. The van der Waals surface area contributed by atoms with E-state index >= 15 is 0 Å². The largest absolute Gasteiger partial charge is 0.481 e. The minimum absolute atomic E-state index is 0.119. The van der Waals surface area contributed by atoms with Crippen molar-refractivity contribution >= 4 is 17.4 Å². The monoisotopic (exact) mass is 334 g/mol. The number of ether oxygens (including phenoxy) is 1. The zero-order chi connectivity index (χ0) is 17.8. The molecule has 0 radical (unpaired) electrons. The van der Waals surface area contributed by atoms with E-state index in [1.165, 1.54) is 0 Å². The van der Waals surface area contributed by atoms with E-state index in [1.807, 2.05) is 30.3 Å². The predicted octanol–water partition coefficient (Wildman–Crippen LogP) is 3.01. The molecule has 0 saturated carbocycles. The SMILES string of the molecule is COc1ccc(-c2cc(N(C)C(=O)c3ccccc3)cnc2N)cn1. The van der Waals surface area contributed by atoms with Gasteiger partial charge in [0.1, 0.15) is 5.82 Å². The van der Waals surface area contributed by atoms with E-state index < -0.39 is 0 Å². The topological polar surface area (TPSA) is 81.3 Å². The van der Waals surface area contributed by atoms with Crippen LogP contribution >= 0.6 is 0 Å². The van der Waals surface area contributed by atoms with Crippen LogP contribution in [-0.2, 0) is 0 Å². The number of pyridine rings is 2. The summed E-state index contributed by atoms with van der Waals surface area (Å²) >= 11 is 0. The molecule has 126 valence electrons. The molecule has 2 N–H and O–H groups in total. The van der Waals surface area contributed by atoms with Crippen molar-refractivity contribution in [1.82, 2.24) is 9.97 Å². The minimum atomic E-state index is -0.119. The van der Waals surface area contributed by atoms with E-state index in [1.54, 1.807) is 49.7 Å². The molecule has 1 amide bonds. The molecule has 25 heavy (non-hydrogen) atoms. The summed E-state index contributed by atoms with van der Waals surface area (Å²) in [6, 6.07) is 14.5. The average Bonchev–Trinajstić information content (AvgIpc) is 2.68. The first-order valence-electron chi connectivity index (χ1n) is 7.69. The number of nitrogen functional groups attached to an aromatic ring is 1. The molecule has 1 aromatic carbocycles. The Hall–Kier alpha value is -3.41. The Balaban J connectivity index is 1.94.